The third-order valence-corrected chi connectivity index (χ3v) is 3.34. The minimum absolute atomic E-state index is 0.0114. The Balaban J connectivity index is 2.63. The highest BCUT2D eigenvalue weighted by molar-refractivity contribution is 9.09. The van der Waals surface area contributed by atoms with E-state index in [2.05, 4.69) is 15.9 Å². The molecular weight excluding hydrogens is 311 g/mol. The van der Waals surface area contributed by atoms with Gasteiger partial charge < -0.3 is 4.90 Å². The Labute approximate surface area is 121 Å². The van der Waals surface area contributed by atoms with E-state index >= 15 is 0 Å². The number of hydrogen-bond acceptors (Lipinski definition) is 2. The predicted octanol–water partition coefficient (Wildman–Crippen LogP) is 3.22. The third-order valence-electron chi connectivity index (χ3n) is 2.78. The summed E-state index contributed by atoms with van der Waals surface area (Å²) in [5.41, 5.74) is 0.770. The summed E-state index contributed by atoms with van der Waals surface area (Å²) in [5, 5.41) is 9.66. The second kappa shape index (κ2) is 7.90. The molecule has 1 aromatic rings. The fourth-order valence-corrected chi connectivity index (χ4v) is 2.07. The van der Waals surface area contributed by atoms with E-state index < -0.39 is 0 Å². The van der Waals surface area contributed by atoms with Crippen LogP contribution >= 0.6 is 15.9 Å². The minimum atomic E-state index is -0.390. The predicted molar refractivity (Wildman–Crippen MR) is 75.2 cm³/mol. The highest BCUT2D eigenvalue weighted by Gasteiger charge is 2.12. The molecule has 0 saturated heterocycles. The molecule has 19 heavy (non-hydrogen) atoms. The Kier molecular flexibility index (Phi) is 6.51. The van der Waals surface area contributed by atoms with Gasteiger partial charge in [0.1, 0.15) is 5.82 Å². The quantitative estimate of drug-likeness (QED) is 0.595. The molecule has 0 N–H and O–H groups in total. The third kappa shape index (κ3) is 4.99. The average molecular weight is 327 g/mol. The molecule has 102 valence electrons. The molecule has 0 aliphatic carbocycles. The van der Waals surface area contributed by atoms with Gasteiger partial charge in [-0.05, 0) is 31.0 Å². The van der Waals surface area contributed by atoms with Crippen molar-refractivity contribution in [3.63, 3.8) is 0 Å². The van der Waals surface area contributed by atoms with Gasteiger partial charge in [-0.1, -0.05) is 15.9 Å². The van der Waals surface area contributed by atoms with E-state index in [-0.39, 0.29) is 18.3 Å². The molecule has 0 saturated carbocycles. The molecule has 5 heteroatoms. The maximum absolute atomic E-state index is 13.6. The number of hydrogen-bond donors (Lipinski definition) is 0. The van der Waals surface area contributed by atoms with Gasteiger partial charge in [0, 0.05) is 30.9 Å². The van der Waals surface area contributed by atoms with Crippen LogP contribution in [-0.4, -0.2) is 23.2 Å². The fourth-order valence-electron chi connectivity index (χ4n) is 1.67. The van der Waals surface area contributed by atoms with E-state index in [0.29, 0.717) is 17.5 Å². The smallest absolute Gasteiger partial charge is 0.222 e. The summed E-state index contributed by atoms with van der Waals surface area (Å²) < 4.78 is 13.6. The van der Waals surface area contributed by atoms with Crippen LogP contribution in [0.4, 0.5) is 4.39 Å². The Morgan fingerprint density at radius 1 is 1.47 bits per heavy atom. The molecule has 0 unspecified atom stereocenters. The van der Waals surface area contributed by atoms with Crippen molar-refractivity contribution in [2.45, 2.75) is 25.8 Å². The lowest BCUT2D eigenvalue weighted by Gasteiger charge is -2.17. The topological polar surface area (TPSA) is 44.1 Å². The Hall–Kier alpha value is -1.41. The van der Waals surface area contributed by atoms with E-state index in [1.807, 2.05) is 6.07 Å². The largest absolute Gasteiger partial charge is 0.341 e. The molecule has 0 spiro atoms. The normalized spacial score (nSPS) is 10.0. The van der Waals surface area contributed by atoms with E-state index in [1.54, 1.807) is 7.05 Å². The van der Waals surface area contributed by atoms with Crippen molar-refractivity contribution in [3.05, 3.63) is 35.1 Å². The van der Waals surface area contributed by atoms with Gasteiger partial charge in [-0.25, -0.2) is 4.39 Å². The fraction of sp³-hybridized carbons (Fsp3) is 0.429. The van der Waals surface area contributed by atoms with Crippen molar-refractivity contribution in [1.82, 2.24) is 4.90 Å². The number of alkyl halides is 1. The van der Waals surface area contributed by atoms with Gasteiger partial charge in [-0.2, -0.15) is 5.26 Å². The average Bonchev–Trinajstić information content (AvgIpc) is 2.41. The van der Waals surface area contributed by atoms with Gasteiger partial charge in [0.25, 0.3) is 0 Å². The van der Waals surface area contributed by atoms with Crippen LogP contribution in [0.1, 0.15) is 30.4 Å². The van der Waals surface area contributed by atoms with Gasteiger partial charge in [-0.15, -0.1) is 0 Å². The van der Waals surface area contributed by atoms with Gasteiger partial charge in [-0.3, -0.25) is 4.79 Å². The van der Waals surface area contributed by atoms with Crippen molar-refractivity contribution in [2.24, 2.45) is 0 Å². The summed E-state index contributed by atoms with van der Waals surface area (Å²) in [5.74, 6) is -0.401. The molecule has 0 aromatic heterocycles. The highest BCUT2D eigenvalue weighted by atomic mass is 79.9. The monoisotopic (exact) mass is 326 g/mol. The van der Waals surface area contributed by atoms with Crippen LogP contribution in [-0.2, 0) is 11.3 Å². The molecule has 0 aliphatic rings. The standard InChI is InChI=1S/C14H16BrFN2O/c1-18(14(19)4-2-3-7-15)10-12-8-11(9-17)5-6-13(12)16/h5-6,8H,2-4,7,10H2,1H3. The van der Waals surface area contributed by atoms with Gasteiger partial charge in [0.2, 0.25) is 5.91 Å². The number of carbonyl (C=O) groups excluding carboxylic acids is 1. The second-order valence-electron chi connectivity index (χ2n) is 4.31. The molecular formula is C14H16BrFN2O. The van der Waals surface area contributed by atoms with Crippen molar-refractivity contribution < 1.29 is 9.18 Å². The van der Waals surface area contributed by atoms with Gasteiger partial charge >= 0.3 is 0 Å². The second-order valence-corrected chi connectivity index (χ2v) is 5.11. The summed E-state index contributed by atoms with van der Waals surface area (Å²) in [6, 6.07) is 6.14. The number of amides is 1. The lowest BCUT2D eigenvalue weighted by Crippen LogP contribution is -2.26. The number of unbranched alkanes of at least 4 members (excludes halogenated alkanes) is 1. The molecule has 3 nitrogen and oxygen atoms in total. The van der Waals surface area contributed by atoms with Gasteiger partial charge in [0.05, 0.1) is 11.6 Å². The molecule has 1 rings (SSSR count). The van der Waals surface area contributed by atoms with Gasteiger partial charge in [0.15, 0.2) is 0 Å². The van der Waals surface area contributed by atoms with E-state index in [0.717, 1.165) is 18.2 Å². The molecule has 1 amide bonds. The van der Waals surface area contributed by atoms with Crippen LogP contribution in [0.5, 0.6) is 0 Å². The van der Waals surface area contributed by atoms with E-state index in [1.165, 1.54) is 23.1 Å². The van der Waals surface area contributed by atoms with Crippen LogP contribution in [0.2, 0.25) is 0 Å². The van der Waals surface area contributed by atoms with Crippen LogP contribution in [0.15, 0.2) is 18.2 Å². The summed E-state index contributed by atoms with van der Waals surface area (Å²) >= 11 is 3.31. The first-order valence-corrected chi connectivity index (χ1v) is 7.19. The lowest BCUT2D eigenvalue weighted by atomic mass is 10.1. The first kappa shape index (κ1) is 15.6. The zero-order valence-electron chi connectivity index (χ0n) is 10.8. The maximum atomic E-state index is 13.6. The van der Waals surface area contributed by atoms with E-state index in [9.17, 15) is 9.18 Å². The van der Waals surface area contributed by atoms with Crippen LogP contribution in [0.3, 0.4) is 0 Å². The van der Waals surface area contributed by atoms with Crippen molar-refractivity contribution in [2.75, 3.05) is 12.4 Å². The number of rotatable bonds is 6. The zero-order valence-corrected chi connectivity index (χ0v) is 12.4. The molecule has 0 bridgehead atoms. The van der Waals surface area contributed by atoms with Crippen molar-refractivity contribution >= 4 is 21.8 Å². The Morgan fingerprint density at radius 2 is 2.21 bits per heavy atom. The van der Waals surface area contributed by atoms with Crippen LogP contribution < -0.4 is 0 Å². The maximum Gasteiger partial charge on any atom is 0.222 e. The highest BCUT2D eigenvalue weighted by Crippen LogP contribution is 2.13. The summed E-state index contributed by atoms with van der Waals surface area (Å²) in [6.45, 7) is 0.189. The van der Waals surface area contributed by atoms with Crippen molar-refractivity contribution in [1.29, 1.82) is 5.26 Å². The van der Waals surface area contributed by atoms with Crippen molar-refractivity contribution in [3.8, 4) is 6.07 Å². The molecule has 0 radical (unpaired) electrons. The molecule has 0 heterocycles. The number of benzene rings is 1. The summed E-state index contributed by atoms with van der Waals surface area (Å²) in [4.78, 5) is 13.3. The molecule has 0 atom stereocenters. The zero-order chi connectivity index (χ0) is 14.3. The number of halogens is 2. The molecule has 0 aliphatic heterocycles. The Morgan fingerprint density at radius 3 is 2.84 bits per heavy atom. The molecule has 0 fully saturated rings. The van der Waals surface area contributed by atoms with Crippen LogP contribution in [0.25, 0.3) is 0 Å². The summed E-state index contributed by atoms with van der Waals surface area (Å²) in [7, 11) is 1.65. The molecule has 1 aromatic carbocycles. The number of nitriles is 1. The number of carbonyl (C=O) groups is 1. The van der Waals surface area contributed by atoms with Crippen LogP contribution in [0, 0.1) is 17.1 Å². The minimum Gasteiger partial charge on any atom is -0.341 e. The number of nitrogens with zero attached hydrogens (tertiary/aromatic N) is 2. The SMILES string of the molecule is CN(Cc1cc(C#N)ccc1F)C(=O)CCCCBr. The first-order chi connectivity index (χ1) is 9.08. The summed E-state index contributed by atoms with van der Waals surface area (Å²) in [6.07, 6.45) is 2.22. The first-order valence-electron chi connectivity index (χ1n) is 6.07. The van der Waals surface area contributed by atoms with E-state index in [4.69, 9.17) is 5.26 Å². The lowest BCUT2D eigenvalue weighted by molar-refractivity contribution is -0.130. The Bertz CT molecular complexity index is 485.